The Labute approximate surface area is 100 Å². The molecule has 1 aliphatic carbocycles. The fourth-order valence-electron chi connectivity index (χ4n) is 2.05. The maximum absolute atomic E-state index is 13.4. The van der Waals surface area contributed by atoms with Crippen LogP contribution in [0.2, 0.25) is 0 Å². The first kappa shape index (κ1) is 11.4. The van der Waals surface area contributed by atoms with E-state index >= 15 is 0 Å². The number of halogens is 2. The van der Waals surface area contributed by atoms with Gasteiger partial charge in [-0.1, -0.05) is 6.42 Å². The van der Waals surface area contributed by atoms with E-state index in [1.807, 2.05) is 0 Å². The second kappa shape index (κ2) is 3.73. The standard InChI is InChI=1S/C11H10BrFO3/c12-7-5-9(14)6(4-8(7)13)11(10(15)16)2-1-3-11/h4-5,14H,1-3H2,(H,15,16). The third kappa shape index (κ3) is 1.50. The summed E-state index contributed by atoms with van der Waals surface area (Å²) in [5.41, 5.74) is -0.932. The number of hydrogen-bond acceptors (Lipinski definition) is 2. The Balaban J connectivity index is 2.55. The molecule has 5 heteroatoms. The number of phenols is 1. The number of carboxylic acids is 1. The van der Waals surface area contributed by atoms with E-state index in [2.05, 4.69) is 15.9 Å². The minimum absolute atomic E-state index is 0.133. The maximum Gasteiger partial charge on any atom is 0.314 e. The highest BCUT2D eigenvalue weighted by atomic mass is 79.9. The number of carbonyl (C=O) groups is 1. The number of phenolic OH excluding ortho intramolecular Hbond substituents is 1. The molecule has 1 saturated carbocycles. The minimum Gasteiger partial charge on any atom is -0.508 e. The highest BCUT2D eigenvalue weighted by molar-refractivity contribution is 9.10. The molecule has 1 aromatic carbocycles. The Hall–Kier alpha value is -1.10. The van der Waals surface area contributed by atoms with E-state index in [1.54, 1.807) is 0 Å². The van der Waals surface area contributed by atoms with Crippen molar-refractivity contribution in [1.82, 2.24) is 0 Å². The smallest absolute Gasteiger partial charge is 0.314 e. The normalized spacial score (nSPS) is 17.9. The topological polar surface area (TPSA) is 57.5 Å². The largest absolute Gasteiger partial charge is 0.508 e. The fourth-order valence-corrected chi connectivity index (χ4v) is 2.38. The molecule has 0 aromatic heterocycles. The van der Waals surface area contributed by atoms with Crippen LogP contribution in [-0.4, -0.2) is 16.2 Å². The van der Waals surface area contributed by atoms with Crippen molar-refractivity contribution in [3.8, 4) is 5.75 Å². The Morgan fingerprint density at radius 2 is 2.06 bits per heavy atom. The number of benzene rings is 1. The Morgan fingerprint density at radius 3 is 2.50 bits per heavy atom. The summed E-state index contributed by atoms with van der Waals surface area (Å²) in [6, 6.07) is 2.31. The van der Waals surface area contributed by atoms with Crippen LogP contribution in [0.25, 0.3) is 0 Å². The van der Waals surface area contributed by atoms with Crippen molar-refractivity contribution in [2.45, 2.75) is 24.7 Å². The Kier molecular flexibility index (Phi) is 2.66. The minimum atomic E-state index is -1.11. The summed E-state index contributed by atoms with van der Waals surface area (Å²) in [4.78, 5) is 11.2. The van der Waals surface area contributed by atoms with Crippen LogP contribution >= 0.6 is 15.9 Å². The molecule has 1 aliphatic rings. The molecule has 0 amide bonds. The lowest BCUT2D eigenvalue weighted by Crippen LogP contribution is -2.42. The van der Waals surface area contributed by atoms with Gasteiger partial charge in [-0.25, -0.2) is 4.39 Å². The molecule has 0 bridgehead atoms. The zero-order chi connectivity index (χ0) is 11.9. The van der Waals surface area contributed by atoms with E-state index in [-0.39, 0.29) is 15.8 Å². The van der Waals surface area contributed by atoms with Crippen LogP contribution in [0.4, 0.5) is 4.39 Å². The third-order valence-electron chi connectivity index (χ3n) is 3.17. The quantitative estimate of drug-likeness (QED) is 0.880. The van der Waals surface area contributed by atoms with Crippen molar-refractivity contribution in [3.05, 3.63) is 28.0 Å². The summed E-state index contributed by atoms with van der Waals surface area (Å²) >= 11 is 2.94. The average molecular weight is 289 g/mol. The number of carboxylic acid groups (broad SMARTS) is 1. The molecular weight excluding hydrogens is 279 g/mol. The average Bonchev–Trinajstić information content (AvgIpc) is 2.11. The van der Waals surface area contributed by atoms with E-state index in [4.69, 9.17) is 0 Å². The van der Waals surface area contributed by atoms with E-state index < -0.39 is 17.2 Å². The number of hydrogen-bond donors (Lipinski definition) is 2. The van der Waals surface area contributed by atoms with E-state index in [9.17, 15) is 19.4 Å². The molecule has 2 rings (SSSR count). The first-order chi connectivity index (χ1) is 7.47. The molecule has 1 fully saturated rings. The van der Waals surface area contributed by atoms with Gasteiger partial charge in [0, 0.05) is 5.56 Å². The molecule has 0 unspecified atom stereocenters. The molecule has 16 heavy (non-hydrogen) atoms. The van der Waals surface area contributed by atoms with Crippen molar-refractivity contribution >= 4 is 21.9 Å². The van der Waals surface area contributed by atoms with Gasteiger partial charge >= 0.3 is 5.97 Å². The van der Waals surface area contributed by atoms with Crippen LogP contribution in [0.5, 0.6) is 5.75 Å². The second-order valence-electron chi connectivity index (χ2n) is 4.02. The summed E-state index contributed by atoms with van der Waals surface area (Å²) in [6.45, 7) is 0. The molecule has 86 valence electrons. The van der Waals surface area contributed by atoms with Gasteiger partial charge < -0.3 is 10.2 Å². The van der Waals surface area contributed by atoms with Crippen LogP contribution in [0.3, 0.4) is 0 Å². The SMILES string of the molecule is O=C(O)C1(c2cc(F)c(Br)cc2O)CCC1. The molecule has 0 aliphatic heterocycles. The van der Waals surface area contributed by atoms with Crippen LogP contribution in [0.15, 0.2) is 16.6 Å². The van der Waals surface area contributed by atoms with Crippen LogP contribution in [0, 0.1) is 5.82 Å². The summed E-state index contributed by atoms with van der Waals surface area (Å²) in [5, 5.41) is 18.9. The van der Waals surface area contributed by atoms with E-state index in [0.717, 1.165) is 12.5 Å². The first-order valence-electron chi connectivity index (χ1n) is 4.89. The summed E-state index contributed by atoms with van der Waals surface area (Å²) < 4.78 is 13.5. The van der Waals surface area contributed by atoms with Gasteiger partial charge in [-0.3, -0.25) is 4.79 Å². The van der Waals surface area contributed by atoms with Crippen molar-refractivity contribution in [3.63, 3.8) is 0 Å². The van der Waals surface area contributed by atoms with Gasteiger partial charge in [0.25, 0.3) is 0 Å². The third-order valence-corrected chi connectivity index (χ3v) is 3.78. The van der Waals surface area contributed by atoms with Gasteiger partial charge in [-0.2, -0.15) is 0 Å². The Morgan fingerprint density at radius 1 is 1.44 bits per heavy atom. The predicted molar refractivity (Wildman–Crippen MR) is 58.9 cm³/mol. The van der Waals surface area contributed by atoms with Crippen molar-refractivity contribution < 1.29 is 19.4 Å². The van der Waals surface area contributed by atoms with Crippen LogP contribution < -0.4 is 0 Å². The van der Waals surface area contributed by atoms with Crippen LogP contribution in [0.1, 0.15) is 24.8 Å². The molecule has 0 atom stereocenters. The van der Waals surface area contributed by atoms with Gasteiger partial charge in [0.05, 0.1) is 9.89 Å². The lowest BCUT2D eigenvalue weighted by atomic mass is 9.64. The lowest BCUT2D eigenvalue weighted by molar-refractivity contribution is -0.147. The monoisotopic (exact) mass is 288 g/mol. The van der Waals surface area contributed by atoms with Gasteiger partial charge in [0.15, 0.2) is 0 Å². The predicted octanol–water partition coefficient (Wildman–Crippen LogP) is 2.80. The highest BCUT2D eigenvalue weighted by Crippen LogP contribution is 2.48. The maximum atomic E-state index is 13.4. The van der Waals surface area contributed by atoms with Crippen molar-refractivity contribution in [2.24, 2.45) is 0 Å². The van der Waals surface area contributed by atoms with Crippen molar-refractivity contribution in [1.29, 1.82) is 0 Å². The molecule has 1 aromatic rings. The lowest BCUT2D eigenvalue weighted by Gasteiger charge is -2.38. The molecular formula is C11H10BrFO3. The van der Waals surface area contributed by atoms with Gasteiger partial charge in [0.1, 0.15) is 11.6 Å². The van der Waals surface area contributed by atoms with E-state index in [1.165, 1.54) is 6.07 Å². The molecule has 0 saturated heterocycles. The van der Waals surface area contributed by atoms with E-state index in [0.29, 0.717) is 12.8 Å². The number of aromatic hydroxyl groups is 1. The molecule has 0 heterocycles. The zero-order valence-electron chi connectivity index (χ0n) is 8.33. The molecule has 2 N–H and O–H groups in total. The summed E-state index contributed by atoms with van der Waals surface area (Å²) in [5.74, 6) is -1.73. The first-order valence-corrected chi connectivity index (χ1v) is 5.68. The molecule has 3 nitrogen and oxygen atoms in total. The highest BCUT2D eigenvalue weighted by Gasteiger charge is 2.47. The van der Waals surface area contributed by atoms with Gasteiger partial charge in [0.2, 0.25) is 0 Å². The number of aliphatic carboxylic acids is 1. The Bertz CT molecular complexity index is 455. The summed E-state index contributed by atoms with van der Waals surface area (Å²) in [7, 11) is 0. The molecule has 0 spiro atoms. The zero-order valence-corrected chi connectivity index (χ0v) is 9.92. The number of rotatable bonds is 2. The van der Waals surface area contributed by atoms with Gasteiger partial charge in [-0.05, 0) is 40.9 Å². The van der Waals surface area contributed by atoms with Crippen LogP contribution in [-0.2, 0) is 10.2 Å². The fraction of sp³-hybridized carbons (Fsp3) is 0.364. The van der Waals surface area contributed by atoms with Gasteiger partial charge in [-0.15, -0.1) is 0 Å². The summed E-state index contributed by atoms with van der Waals surface area (Å²) in [6.07, 6.45) is 1.66. The van der Waals surface area contributed by atoms with Crippen molar-refractivity contribution in [2.75, 3.05) is 0 Å². The molecule has 0 radical (unpaired) electrons. The second-order valence-corrected chi connectivity index (χ2v) is 4.88.